The molecule has 2 rings (SSSR count). The summed E-state index contributed by atoms with van der Waals surface area (Å²) in [6.07, 6.45) is 1.68. The number of rotatable bonds is 1. The number of fused-ring (bicyclic) bond motifs is 1. The molecule has 0 atom stereocenters. The molecule has 1 amide bonds. The summed E-state index contributed by atoms with van der Waals surface area (Å²) in [7, 11) is 1.58. The van der Waals surface area contributed by atoms with E-state index in [0.29, 0.717) is 11.5 Å². The van der Waals surface area contributed by atoms with Crippen molar-refractivity contribution in [3.63, 3.8) is 0 Å². The number of aromatic nitrogens is 1. The molecule has 0 radical (unpaired) electrons. The molecule has 0 bridgehead atoms. The smallest absolute Gasteiger partial charge is 0.260 e. The number of nitrogens with one attached hydrogen (secondary N) is 3. The van der Waals surface area contributed by atoms with E-state index in [1.807, 2.05) is 24.3 Å². The second-order valence-electron chi connectivity index (χ2n) is 3.37. The van der Waals surface area contributed by atoms with Gasteiger partial charge in [0, 0.05) is 40.3 Å². The van der Waals surface area contributed by atoms with E-state index >= 15 is 0 Å². The lowest BCUT2D eigenvalue weighted by atomic mass is 10.1. The summed E-state index contributed by atoms with van der Waals surface area (Å²) in [5.41, 5.74) is 1.52. The van der Waals surface area contributed by atoms with Crippen molar-refractivity contribution in [2.45, 2.75) is 0 Å². The maximum atomic E-state index is 12.0. The summed E-state index contributed by atoms with van der Waals surface area (Å²) in [6, 6.07) is 7.62. The van der Waals surface area contributed by atoms with Crippen LogP contribution in [-0.4, -0.2) is 23.9 Å². The maximum absolute atomic E-state index is 12.0. The zero-order valence-corrected chi connectivity index (χ0v) is 11.9. The number of hydrogen-bond acceptors (Lipinski definition) is 2. The number of para-hydroxylation sites is 1. The average Bonchev–Trinajstić information content (AvgIpc) is 2.79. The SMILES string of the molecule is CN=C(NBr)NC(=O)c1c[nH]c2ccccc12.Cl. The minimum absolute atomic E-state index is 0. The molecule has 1 heterocycles. The van der Waals surface area contributed by atoms with Gasteiger partial charge in [0.15, 0.2) is 0 Å². The van der Waals surface area contributed by atoms with Crippen molar-refractivity contribution >= 4 is 51.3 Å². The molecule has 0 saturated carbocycles. The largest absolute Gasteiger partial charge is 0.360 e. The van der Waals surface area contributed by atoms with E-state index in [1.54, 1.807) is 13.2 Å². The Morgan fingerprint density at radius 3 is 2.78 bits per heavy atom. The Labute approximate surface area is 119 Å². The molecule has 1 aromatic heterocycles. The molecule has 96 valence electrons. The first-order chi connectivity index (χ1) is 8.26. The fourth-order valence-corrected chi connectivity index (χ4v) is 1.83. The second-order valence-corrected chi connectivity index (χ2v) is 3.77. The number of amides is 1. The highest BCUT2D eigenvalue weighted by atomic mass is 79.9. The minimum Gasteiger partial charge on any atom is -0.360 e. The van der Waals surface area contributed by atoms with Crippen molar-refractivity contribution < 1.29 is 4.79 Å². The van der Waals surface area contributed by atoms with E-state index in [2.05, 4.69) is 35.8 Å². The lowest BCUT2D eigenvalue weighted by Gasteiger charge is -2.04. The molecule has 0 spiro atoms. The van der Waals surface area contributed by atoms with Crippen LogP contribution in [0, 0.1) is 0 Å². The fraction of sp³-hybridized carbons (Fsp3) is 0.0909. The number of carbonyl (C=O) groups is 1. The van der Waals surface area contributed by atoms with Gasteiger partial charge >= 0.3 is 0 Å². The molecule has 0 fully saturated rings. The number of aliphatic imine (C=N–C) groups is 1. The third-order valence-electron chi connectivity index (χ3n) is 2.38. The van der Waals surface area contributed by atoms with Gasteiger partial charge in [0.05, 0.1) is 5.56 Å². The number of nitrogens with zero attached hydrogens (tertiary/aromatic N) is 1. The number of aromatic amines is 1. The lowest BCUT2D eigenvalue weighted by Crippen LogP contribution is -2.36. The predicted octanol–water partition coefficient (Wildman–Crippen LogP) is 2.20. The number of carbonyl (C=O) groups excluding carboxylic acids is 1. The summed E-state index contributed by atoms with van der Waals surface area (Å²) < 4.78 is 2.61. The maximum Gasteiger partial charge on any atom is 0.260 e. The Morgan fingerprint density at radius 2 is 2.11 bits per heavy atom. The Kier molecular flexibility index (Phi) is 5.18. The molecule has 18 heavy (non-hydrogen) atoms. The van der Waals surface area contributed by atoms with Crippen LogP contribution in [0.25, 0.3) is 10.9 Å². The quantitative estimate of drug-likeness (QED) is 0.426. The molecule has 0 aliphatic heterocycles. The first kappa shape index (κ1) is 14.5. The lowest BCUT2D eigenvalue weighted by molar-refractivity contribution is 0.0978. The van der Waals surface area contributed by atoms with Crippen LogP contribution in [0.15, 0.2) is 35.5 Å². The molecule has 7 heteroatoms. The zero-order chi connectivity index (χ0) is 12.3. The Morgan fingerprint density at radius 1 is 1.39 bits per heavy atom. The molecule has 0 aliphatic rings. The van der Waals surface area contributed by atoms with Crippen LogP contribution in [0.1, 0.15) is 10.4 Å². The van der Waals surface area contributed by atoms with Crippen LogP contribution >= 0.6 is 28.6 Å². The van der Waals surface area contributed by atoms with Crippen LogP contribution in [0.2, 0.25) is 0 Å². The summed E-state index contributed by atoms with van der Waals surface area (Å²) >= 11 is 3.01. The fourth-order valence-electron chi connectivity index (χ4n) is 1.56. The predicted molar refractivity (Wildman–Crippen MR) is 78.4 cm³/mol. The van der Waals surface area contributed by atoms with E-state index in [-0.39, 0.29) is 18.3 Å². The van der Waals surface area contributed by atoms with Gasteiger partial charge in [0.25, 0.3) is 5.91 Å². The van der Waals surface area contributed by atoms with Crippen molar-refractivity contribution in [3.05, 3.63) is 36.0 Å². The van der Waals surface area contributed by atoms with Crippen LogP contribution in [0.5, 0.6) is 0 Å². The minimum atomic E-state index is -0.213. The third-order valence-corrected chi connectivity index (χ3v) is 2.75. The zero-order valence-electron chi connectivity index (χ0n) is 9.53. The van der Waals surface area contributed by atoms with Gasteiger partial charge in [-0.25, -0.2) is 0 Å². The summed E-state index contributed by atoms with van der Waals surface area (Å²) in [5, 5.41) is 3.53. The van der Waals surface area contributed by atoms with E-state index < -0.39 is 0 Å². The second kappa shape index (κ2) is 6.42. The van der Waals surface area contributed by atoms with Crippen molar-refractivity contribution in [2.24, 2.45) is 4.99 Å². The third kappa shape index (κ3) is 2.83. The topological polar surface area (TPSA) is 69.3 Å². The van der Waals surface area contributed by atoms with E-state index in [9.17, 15) is 4.79 Å². The highest BCUT2D eigenvalue weighted by Gasteiger charge is 2.12. The first-order valence-corrected chi connectivity index (χ1v) is 5.76. The molecular weight excluding hydrogens is 320 g/mol. The van der Waals surface area contributed by atoms with Crippen LogP contribution in [0.3, 0.4) is 0 Å². The molecule has 5 nitrogen and oxygen atoms in total. The van der Waals surface area contributed by atoms with Gasteiger partial charge in [-0.3, -0.25) is 19.4 Å². The Balaban J connectivity index is 0.00000162. The van der Waals surface area contributed by atoms with Gasteiger partial charge in [0.2, 0.25) is 5.96 Å². The van der Waals surface area contributed by atoms with Gasteiger partial charge < -0.3 is 4.98 Å². The van der Waals surface area contributed by atoms with Gasteiger partial charge in [0.1, 0.15) is 0 Å². The highest BCUT2D eigenvalue weighted by molar-refractivity contribution is 9.08. The van der Waals surface area contributed by atoms with Gasteiger partial charge in [-0.1, -0.05) is 18.2 Å². The number of hydrogen-bond donors (Lipinski definition) is 3. The Bertz CT molecular complexity index is 581. The van der Waals surface area contributed by atoms with E-state index in [4.69, 9.17) is 0 Å². The number of guanidine groups is 1. The summed E-state index contributed by atoms with van der Waals surface area (Å²) in [6.45, 7) is 0. The van der Waals surface area contributed by atoms with E-state index in [0.717, 1.165) is 10.9 Å². The molecule has 0 aliphatic carbocycles. The van der Waals surface area contributed by atoms with Crippen molar-refractivity contribution in [1.82, 2.24) is 14.6 Å². The molecule has 1 aromatic carbocycles. The Hall–Kier alpha value is -1.53. The van der Waals surface area contributed by atoms with Gasteiger partial charge in [-0.2, -0.15) is 0 Å². The van der Waals surface area contributed by atoms with Crippen LogP contribution in [-0.2, 0) is 0 Å². The number of benzene rings is 1. The molecule has 2 aromatic rings. The molecular formula is C11H12BrClN4O. The van der Waals surface area contributed by atoms with Crippen molar-refractivity contribution in [2.75, 3.05) is 7.05 Å². The summed E-state index contributed by atoms with van der Waals surface area (Å²) in [5.74, 6) is 0.148. The van der Waals surface area contributed by atoms with Crippen molar-refractivity contribution in [1.29, 1.82) is 0 Å². The average molecular weight is 332 g/mol. The highest BCUT2D eigenvalue weighted by Crippen LogP contribution is 2.17. The monoisotopic (exact) mass is 330 g/mol. The number of halogens is 2. The number of H-pyrrole nitrogens is 1. The molecule has 0 unspecified atom stereocenters. The normalized spacial score (nSPS) is 10.9. The van der Waals surface area contributed by atoms with Crippen LogP contribution < -0.4 is 9.66 Å². The first-order valence-electron chi connectivity index (χ1n) is 4.97. The standard InChI is InChI=1S/C11H11BrN4O.ClH/c1-13-11(16-12)15-10(17)8-6-14-9-5-3-2-4-7(8)9;/h2-6,14H,1H3,(H2,13,15,16,17);1H. The van der Waals surface area contributed by atoms with Crippen LogP contribution in [0.4, 0.5) is 0 Å². The van der Waals surface area contributed by atoms with Crippen molar-refractivity contribution in [3.8, 4) is 0 Å². The van der Waals surface area contributed by atoms with Gasteiger partial charge in [-0.05, 0) is 6.07 Å². The van der Waals surface area contributed by atoms with Gasteiger partial charge in [-0.15, -0.1) is 12.4 Å². The molecule has 0 saturated heterocycles. The molecule has 3 N–H and O–H groups in total. The summed E-state index contributed by atoms with van der Waals surface area (Å²) in [4.78, 5) is 18.9. The van der Waals surface area contributed by atoms with E-state index in [1.165, 1.54) is 0 Å².